The zero-order valence-corrected chi connectivity index (χ0v) is 14.8. The molecule has 0 saturated heterocycles. The van der Waals surface area contributed by atoms with Gasteiger partial charge in [-0.1, -0.05) is 50.6 Å². The van der Waals surface area contributed by atoms with Crippen LogP contribution in [-0.4, -0.2) is 4.57 Å². The second-order valence-electron chi connectivity index (χ2n) is 6.42. The van der Waals surface area contributed by atoms with Gasteiger partial charge >= 0.3 is 0 Å². The summed E-state index contributed by atoms with van der Waals surface area (Å²) in [6.45, 7) is 7.69. The molecule has 0 aliphatic heterocycles. The minimum Gasteiger partial charge on any atom is -0.344 e. The Morgan fingerprint density at radius 3 is 2.29 bits per heavy atom. The summed E-state index contributed by atoms with van der Waals surface area (Å²) in [5.41, 5.74) is 5.09. The van der Waals surface area contributed by atoms with Gasteiger partial charge in [-0.2, -0.15) is 0 Å². The summed E-state index contributed by atoms with van der Waals surface area (Å²) in [6, 6.07) is 15.6. The minimum absolute atomic E-state index is 0.180. The second kappa shape index (κ2) is 7.21. The third kappa shape index (κ3) is 2.86. The van der Waals surface area contributed by atoms with E-state index in [0.29, 0.717) is 5.92 Å². The molecule has 0 saturated carbocycles. The molecule has 0 fully saturated rings. The van der Waals surface area contributed by atoms with Crippen LogP contribution in [-0.2, 0) is 6.54 Å². The molecule has 1 atom stereocenters. The number of rotatable bonds is 6. The van der Waals surface area contributed by atoms with E-state index < -0.39 is 0 Å². The van der Waals surface area contributed by atoms with Crippen molar-refractivity contribution < 1.29 is 4.39 Å². The molecule has 0 aliphatic carbocycles. The molecule has 1 unspecified atom stereocenters. The molecule has 0 spiro atoms. The van der Waals surface area contributed by atoms with Gasteiger partial charge in [-0.25, -0.2) is 4.39 Å². The van der Waals surface area contributed by atoms with Gasteiger partial charge < -0.3 is 4.57 Å². The Balaban J connectivity index is 2.34. The molecule has 1 nitrogen and oxygen atoms in total. The highest BCUT2D eigenvalue weighted by atomic mass is 19.1. The highest BCUT2D eigenvalue weighted by molar-refractivity contribution is 5.98. The van der Waals surface area contributed by atoms with Crippen molar-refractivity contribution in [3.05, 3.63) is 60.0 Å². The van der Waals surface area contributed by atoms with Crippen molar-refractivity contribution in [1.29, 1.82) is 0 Å². The van der Waals surface area contributed by atoms with E-state index in [-0.39, 0.29) is 5.82 Å². The Kier molecular flexibility index (Phi) is 5.03. The summed E-state index contributed by atoms with van der Waals surface area (Å²) >= 11 is 0. The van der Waals surface area contributed by atoms with Crippen molar-refractivity contribution in [3.63, 3.8) is 0 Å². The first-order chi connectivity index (χ1) is 11.7. The van der Waals surface area contributed by atoms with Gasteiger partial charge in [0.1, 0.15) is 5.82 Å². The number of hydrogen-bond donors (Lipinski definition) is 0. The maximum Gasteiger partial charge on any atom is 0.123 e. The van der Waals surface area contributed by atoms with Gasteiger partial charge in [0.05, 0.1) is 0 Å². The lowest BCUT2D eigenvalue weighted by atomic mass is 9.90. The molecule has 0 N–H and O–H groups in total. The van der Waals surface area contributed by atoms with Crippen molar-refractivity contribution in [1.82, 2.24) is 4.57 Å². The first-order valence-electron chi connectivity index (χ1n) is 9.08. The van der Waals surface area contributed by atoms with Gasteiger partial charge in [-0.3, -0.25) is 0 Å². The van der Waals surface area contributed by atoms with E-state index in [1.807, 2.05) is 12.1 Å². The van der Waals surface area contributed by atoms with Gasteiger partial charge in [-0.05, 0) is 49.4 Å². The predicted octanol–water partition coefficient (Wildman–Crippen LogP) is 6.76. The first-order valence-corrected chi connectivity index (χ1v) is 9.08. The number of fused-ring (bicyclic) bond motifs is 1. The third-order valence-corrected chi connectivity index (χ3v) is 4.98. The van der Waals surface area contributed by atoms with Crippen LogP contribution in [0.5, 0.6) is 0 Å². The molecular weight excluding hydrogens is 297 g/mol. The summed E-state index contributed by atoms with van der Waals surface area (Å²) in [4.78, 5) is 0. The number of aryl methyl sites for hydroxylation is 1. The normalized spacial score (nSPS) is 12.7. The number of aromatic nitrogens is 1. The molecule has 2 aromatic carbocycles. The Morgan fingerprint density at radius 1 is 0.958 bits per heavy atom. The van der Waals surface area contributed by atoms with Gasteiger partial charge in [0.15, 0.2) is 0 Å². The van der Waals surface area contributed by atoms with Crippen LogP contribution in [0.3, 0.4) is 0 Å². The zero-order valence-electron chi connectivity index (χ0n) is 14.8. The van der Waals surface area contributed by atoms with Crippen molar-refractivity contribution in [2.45, 2.75) is 52.5 Å². The quantitative estimate of drug-likeness (QED) is 0.472. The average Bonchev–Trinajstić information content (AvgIpc) is 2.94. The molecule has 2 heteroatoms. The Labute approximate surface area is 144 Å². The van der Waals surface area contributed by atoms with Crippen molar-refractivity contribution >= 4 is 10.9 Å². The van der Waals surface area contributed by atoms with E-state index in [4.69, 9.17) is 0 Å². The van der Waals surface area contributed by atoms with E-state index in [1.54, 1.807) is 12.1 Å². The number of nitrogens with zero attached hydrogens (tertiary/aromatic N) is 1. The van der Waals surface area contributed by atoms with Gasteiger partial charge in [0, 0.05) is 28.7 Å². The van der Waals surface area contributed by atoms with E-state index >= 15 is 0 Å². The van der Waals surface area contributed by atoms with Crippen molar-refractivity contribution in [3.8, 4) is 11.1 Å². The lowest BCUT2D eigenvalue weighted by molar-refractivity contribution is 0.553. The number of para-hydroxylation sites is 1. The molecule has 0 aliphatic rings. The largest absolute Gasteiger partial charge is 0.344 e. The predicted molar refractivity (Wildman–Crippen MR) is 101 cm³/mol. The lowest BCUT2D eigenvalue weighted by Crippen LogP contribution is -2.07. The number of halogens is 1. The molecule has 0 bridgehead atoms. The Hall–Kier alpha value is -2.09. The first kappa shape index (κ1) is 16.8. The topological polar surface area (TPSA) is 4.93 Å². The molecule has 0 amide bonds. The fourth-order valence-electron chi connectivity index (χ4n) is 3.89. The Bertz CT molecular complexity index is 814. The monoisotopic (exact) mass is 323 g/mol. The summed E-state index contributed by atoms with van der Waals surface area (Å²) in [6.07, 6.45) is 3.48. The molecule has 1 aromatic heterocycles. The van der Waals surface area contributed by atoms with Crippen LogP contribution in [0.1, 0.15) is 51.6 Å². The fourth-order valence-corrected chi connectivity index (χ4v) is 3.89. The van der Waals surface area contributed by atoms with Gasteiger partial charge in [0.2, 0.25) is 0 Å². The lowest BCUT2D eigenvalue weighted by Gasteiger charge is -2.20. The summed E-state index contributed by atoms with van der Waals surface area (Å²) in [7, 11) is 0. The molecule has 3 rings (SSSR count). The molecule has 126 valence electrons. The van der Waals surface area contributed by atoms with Crippen LogP contribution in [0.15, 0.2) is 48.5 Å². The molecule has 0 radical (unpaired) electrons. The highest BCUT2D eigenvalue weighted by Crippen LogP contribution is 2.41. The maximum absolute atomic E-state index is 13.4. The van der Waals surface area contributed by atoms with E-state index in [9.17, 15) is 4.39 Å². The molecule has 3 aromatic rings. The van der Waals surface area contributed by atoms with E-state index in [1.165, 1.54) is 35.0 Å². The van der Waals surface area contributed by atoms with Crippen LogP contribution in [0.4, 0.5) is 4.39 Å². The third-order valence-electron chi connectivity index (χ3n) is 4.98. The second-order valence-corrected chi connectivity index (χ2v) is 6.42. The maximum atomic E-state index is 13.4. The van der Waals surface area contributed by atoms with Crippen molar-refractivity contribution in [2.75, 3.05) is 0 Å². The van der Waals surface area contributed by atoms with Crippen LogP contribution in [0.25, 0.3) is 22.0 Å². The van der Waals surface area contributed by atoms with Gasteiger partial charge in [0.25, 0.3) is 0 Å². The smallest absolute Gasteiger partial charge is 0.123 e. The summed E-state index contributed by atoms with van der Waals surface area (Å²) in [5.74, 6) is 0.350. The molecular formula is C22H26FN. The van der Waals surface area contributed by atoms with Crippen LogP contribution >= 0.6 is 0 Å². The average molecular weight is 323 g/mol. The van der Waals surface area contributed by atoms with E-state index in [0.717, 1.165) is 18.5 Å². The van der Waals surface area contributed by atoms with Crippen LogP contribution < -0.4 is 0 Å². The molecule has 24 heavy (non-hydrogen) atoms. The van der Waals surface area contributed by atoms with Gasteiger partial charge in [-0.15, -0.1) is 0 Å². The fraction of sp³-hybridized carbons (Fsp3) is 0.364. The zero-order chi connectivity index (χ0) is 17.1. The van der Waals surface area contributed by atoms with E-state index in [2.05, 4.69) is 49.6 Å². The van der Waals surface area contributed by atoms with Crippen LogP contribution in [0.2, 0.25) is 0 Å². The van der Waals surface area contributed by atoms with Crippen LogP contribution in [0, 0.1) is 5.82 Å². The standard InChI is InChI=1S/C22H26FN/c1-4-9-16(5-2)22-21(17-12-14-18(23)15-13-17)19-10-7-8-11-20(19)24(22)6-3/h7-8,10-16H,4-6,9H2,1-3H3. The van der Waals surface area contributed by atoms with Crippen molar-refractivity contribution in [2.24, 2.45) is 0 Å². The summed E-state index contributed by atoms with van der Waals surface area (Å²) < 4.78 is 15.9. The number of hydrogen-bond acceptors (Lipinski definition) is 0. The Morgan fingerprint density at radius 2 is 1.67 bits per heavy atom. The number of benzene rings is 2. The SMILES string of the molecule is CCCC(CC)c1c(-c2ccc(F)cc2)c2ccccc2n1CC. The summed E-state index contributed by atoms with van der Waals surface area (Å²) in [5, 5.41) is 1.27. The minimum atomic E-state index is -0.180. The highest BCUT2D eigenvalue weighted by Gasteiger charge is 2.23. The molecule has 1 heterocycles.